The summed E-state index contributed by atoms with van der Waals surface area (Å²) in [6, 6.07) is 0. The van der Waals surface area contributed by atoms with Crippen molar-refractivity contribution in [2.24, 2.45) is 11.3 Å². The van der Waals surface area contributed by atoms with Crippen molar-refractivity contribution in [3.63, 3.8) is 0 Å². The summed E-state index contributed by atoms with van der Waals surface area (Å²) in [5, 5.41) is 8.55. The van der Waals surface area contributed by atoms with Gasteiger partial charge in [0, 0.05) is 5.92 Å². The first-order valence-corrected chi connectivity index (χ1v) is 4.72. The van der Waals surface area contributed by atoms with Crippen molar-refractivity contribution >= 4 is 5.91 Å². The van der Waals surface area contributed by atoms with E-state index in [9.17, 15) is 4.79 Å². The Balaban J connectivity index is 2.06. The number of amides is 1. The molecule has 3 heteroatoms. The normalized spacial score (nSPS) is 31.6. The highest BCUT2D eigenvalue weighted by atomic mass is 16.5. The Morgan fingerprint density at radius 1 is 1.33 bits per heavy atom. The van der Waals surface area contributed by atoms with Crippen LogP contribution in [-0.4, -0.2) is 11.1 Å². The van der Waals surface area contributed by atoms with Crippen LogP contribution in [0.5, 0.6) is 0 Å². The Kier molecular flexibility index (Phi) is 1.83. The third-order valence-corrected chi connectivity index (χ3v) is 3.48. The van der Waals surface area contributed by atoms with Gasteiger partial charge in [0.15, 0.2) is 0 Å². The van der Waals surface area contributed by atoms with Crippen molar-refractivity contribution in [3.05, 3.63) is 0 Å². The Hall–Kier alpha value is -0.570. The molecular formula is C9H15NO2. The average Bonchev–Trinajstić information content (AvgIpc) is 2.85. The molecule has 0 aromatic rings. The van der Waals surface area contributed by atoms with Gasteiger partial charge in [-0.05, 0) is 31.1 Å². The van der Waals surface area contributed by atoms with Crippen LogP contribution < -0.4 is 5.48 Å². The molecule has 12 heavy (non-hydrogen) atoms. The largest absolute Gasteiger partial charge is 0.289 e. The van der Waals surface area contributed by atoms with E-state index in [4.69, 9.17) is 5.21 Å². The van der Waals surface area contributed by atoms with E-state index in [0.717, 1.165) is 12.8 Å². The monoisotopic (exact) mass is 169 g/mol. The highest BCUT2D eigenvalue weighted by molar-refractivity contribution is 5.78. The summed E-state index contributed by atoms with van der Waals surface area (Å²) in [6.45, 7) is 0. The first-order valence-electron chi connectivity index (χ1n) is 4.72. The van der Waals surface area contributed by atoms with Crippen molar-refractivity contribution < 1.29 is 10.0 Å². The predicted molar refractivity (Wildman–Crippen MR) is 43.6 cm³/mol. The minimum atomic E-state index is -0.160. The molecule has 0 aliphatic heterocycles. The van der Waals surface area contributed by atoms with Gasteiger partial charge in [-0.15, -0.1) is 0 Å². The zero-order chi connectivity index (χ0) is 8.60. The Bertz CT molecular complexity index is 199. The number of hydroxylamine groups is 1. The molecule has 2 fully saturated rings. The van der Waals surface area contributed by atoms with Gasteiger partial charge in [0.05, 0.1) is 0 Å². The molecule has 1 atom stereocenters. The summed E-state index contributed by atoms with van der Waals surface area (Å²) in [5.74, 6) is -0.0662. The summed E-state index contributed by atoms with van der Waals surface area (Å²) in [6.07, 6.45) is 6.92. The van der Waals surface area contributed by atoms with Gasteiger partial charge < -0.3 is 0 Å². The van der Waals surface area contributed by atoms with Crippen molar-refractivity contribution in [2.75, 3.05) is 0 Å². The lowest BCUT2D eigenvalue weighted by molar-refractivity contribution is -0.137. The molecule has 0 heterocycles. The van der Waals surface area contributed by atoms with Gasteiger partial charge in [0.2, 0.25) is 5.91 Å². The van der Waals surface area contributed by atoms with E-state index in [1.165, 1.54) is 25.7 Å². The van der Waals surface area contributed by atoms with Crippen molar-refractivity contribution in [1.82, 2.24) is 5.48 Å². The van der Waals surface area contributed by atoms with Gasteiger partial charge in [-0.3, -0.25) is 10.0 Å². The molecule has 1 amide bonds. The molecule has 0 aromatic heterocycles. The number of hydrogen-bond acceptors (Lipinski definition) is 2. The van der Waals surface area contributed by atoms with E-state index in [2.05, 4.69) is 0 Å². The lowest BCUT2D eigenvalue weighted by atomic mass is 9.76. The van der Waals surface area contributed by atoms with Gasteiger partial charge in [0.1, 0.15) is 0 Å². The number of hydrogen-bond donors (Lipinski definition) is 2. The maximum absolute atomic E-state index is 11.3. The zero-order valence-corrected chi connectivity index (χ0v) is 7.18. The van der Waals surface area contributed by atoms with E-state index < -0.39 is 0 Å². The zero-order valence-electron chi connectivity index (χ0n) is 7.18. The Morgan fingerprint density at radius 2 is 2.08 bits per heavy atom. The topological polar surface area (TPSA) is 49.3 Å². The molecule has 0 saturated heterocycles. The van der Waals surface area contributed by atoms with E-state index in [-0.39, 0.29) is 11.8 Å². The summed E-state index contributed by atoms with van der Waals surface area (Å²) < 4.78 is 0. The maximum Gasteiger partial charge on any atom is 0.247 e. The highest BCUT2D eigenvalue weighted by Gasteiger charge is 2.52. The molecule has 1 spiro atoms. The third kappa shape index (κ3) is 1.12. The predicted octanol–water partition coefficient (Wildman–Crippen LogP) is 1.46. The van der Waals surface area contributed by atoms with Gasteiger partial charge in [0.25, 0.3) is 0 Å². The standard InChI is InChI=1S/C9H15NO2/c11-8(10-12)7-3-1-2-4-9(7)5-6-9/h7,12H,1-6H2,(H,10,11). The maximum atomic E-state index is 11.3. The minimum Gasteiger partial charge on any atom is -0.289 e. The number of carbonyl (C=O) groups is 1. The molecule has 0 aromatic carbocycles. The molecule has 2 rings (SSSR count). The number of rotatable bonds is 1. The lowest BCUT2D eigenvalue weighted by Gasteiger charge is -2.29. The summed E-state index contributed by atoms with van der Waals surface area (Å²) in [5.41, 5.74) is 2.09. The fraction of sp³-hybridized carbons (Fsp3) is 0.889. The van der Waals surface area contributed by atoms with Crippen LogP contribution in [0.25, 0.3) is 0 Å². The molecular weight excluding hydrogens is 154 g/mol. The van der Waals surface area contributed by atoms with E-state index in [1.807, 2.05) is 0 Å². The van der Waals surface area contributed by atoms with Gasteiger partial charge in [-0.2, -0.15) is 0 Å². The Labute approximate surface area is 72.1 Å². The summed E-state index contributed by atoms with van der Waals surface area (Å²) in [7, 11) is 0. The third-order valence-electron chi connectivity index (χ3n) is 3.48. The highest BCUT2D eigenvalue weighted by Crippen LogP contribution is 2.59. The molecule has 0 radical (unpaired) electrons. The number of carbonyl (C=O) groups excluding carboxylic acids is 1. The summed E-state index contributed by atoms with van der Waals surface area (Å²) >= 11 is 0. The molecule has 68 valence electrons. The van der Waals surface area contributed by atoms with Crippen LogP contribution in [0.1, 0.15) is 38.5 Å². The van der Waals surface area contributed by atoms with Gasteiger partial charge in [-0.25, -0.2) is 5.48 Å². The fourth-order valence-electron chi connectivity index (χ4n) is 2.55. The van der Waals surface area contributed by atoms with E-state index in [1.54, 1.807) is 5.48 Å². The van der Waals surface area contributed by atoms with E-state index in [0.29, 0.717) is 5.41 Å². The van der Waals surface area contributed by atoms with Crippen LogP contribution in [0.3, 0.4) is 0 Å². The molecule has 2 saturated carbocycles. The SMILES string of the molecule is O=C(NO)C1CCCCC12CC2. The summed E-state index contributed by atoms with van der Waals surface area (Å²) in [4.78, 5) is 11.3. The van der Waals surface area contributed by atoms with Crippen LogP contribution in [0.4, 0.5) is 0 Å². The fourth-order valence-corrected chi connectivity index (χ4v) is 2.55. The lowest BCUT2D eigenvalue weighted by Crippen LogP contribution is -2.36. The van der Waals surface area contributed by atoms with Crippen LogP contribution in [0.2, 0.25) is 0 Å². The van der Waals surface area contributed by atoms with E-state index >= 15 is 0 Å². The first-order chi connectivity index (χ1) is 5.78. The number of nitrogens with one attached hydrogen (secondary N) is 1. The van der Waals surface area contributed by atoms with Crippen molar-refractivity contribution in [1.29, 1.82) is 0 Å². The van der Waals surface area contributed by atoms with Crippen LogP contribution in [0.15, 0.2) is 0 Å². The first kappa shape index (κ1) is 8.05. The van der Waals surface area contributed by atoms with Crippen LogP contribution in [-0.2, 0) is 4.79 Å². The van der Waals surface area contributed by atoms with Crippen molar-refractivity contribution in [3.8, 4) is 0 Å². The van der Waals surface area contributed by atoms with Crippen LogP contribution in [0, 0.1) is 11.3 Å². The second kappa shape index (κ2) is 2.73. The smallest absolute Gasteiger partial charge is 0.247 e. The van der Waals surface area contributed by atoms with Gasteiger partial charge in [-0.1, -0.05) is 12.8 Å². The minimum absolute atomic E-state index is 0.0937. The quantitative estimate of drug-likeness (QED) is 0.461. The molecule has 2 aliphatic rings. The molecule has 1 unspecified atom stereocenters. The average molecular weight is 169 g/mol. The molecule has 0 bridgehead atoms. The van der Waals surface area contributed by atoms with Crippen LogP contribution >= 0.6 is 0 Å². The second-order valence-corrected chi connectivity index (χ2v) is 4.14. The van der Waals surface area contributed by atoms with Gasteiger partial charge >= 0.3 is 0 Å². The second-order valence-electron chi connectivity index (χ2n) is 4.14. The Morgan fingerprint density at radius 3 is 2.67 bits per heavy atom. The molecule has 2 N–H and O–H groups in total. The molecule has 2 aliphatic carbocycles. The van der Waals surface area contributed by atoms with Crippen molar-refractivity contribution in [2.45, 2.75) is 38.5 Å². The molecule has 3 nitrogen and oxygen atoms in total.